The molecule has 0 aliphatic rings. The molecular weight excluding hydrogens is 281 g/mol. The minimum absolute atomic E-state index is 0.0354. The number of anilines is 1. The molecule has 1 N–H and O–H groups in total. The van der Waals surface area contributed by atoms with Crippen LogP contribution >= 0.6 is 11.6 Å². The molecule has 0 bridgehead atoms. The van der Waals surface area contributed by atoms with Crippen molar-refractivity contribution in [2.45, 2.75) is 0 Å². The lowest BCUT2D eigenvalue weighted by Crippen LogP contribution is -2.14. The predicted molar refractivity (Wildman–Crippen MR) is 63.5 cm³/mol. The largest absolute Gasteiger partial charge is 0.318 e. The van der Waals surface area contributed by atoms with E-state index in [0.717, 1.165) is 30.3 Å². The molecule has 2 rings (SSSR count). The first kappa shape index (κ1) is 13.4. The van der Waals surface area contributed by atoms with Gasteiger partial charge in [-0.2, -0.15) is 13.8 Å². The number of rotatable bonds is 2. The van der Waals surface area contributed by atoms with Crippen molar-refractivity contribution in [3.05, 3.63) is 58.6 Å². The van der Waals surface area contributed by atoms with Gasteiger partial charge in [0.05, 0.1) is 16.3 Å². The fraction of sp³-hybridized carbons (Fsp3) is 0. The van der Waals surface area contributed by atoms with Crippen LogP contribution in [0.5, 0.6) is 0 Å². The standard InChI is InChI=1S/C12H6ClF3N2O/c13-8-5-6(14)1-2-7(8)12(19)17-9-3-4-10(15)18-11(9)16/h1-5H,(H,17,19). The molecule has 0 saturated carbocycles. The summed E-state index contributed by atoms with van der Waals surface area (Å²) < 4.78 is 38.6. The summed E-state index contributed by atoms with van der Waals surface area (Å²) in [6.45, 7) is 0. The van der Waals surface area contributed by atoms with Crippen LogP contribution < -0.4 is 5.32 Å². The third-order valence-electron chi connectivity index (χ3n) is 2.24. The Hall–Kier alpha value is -2.08. The van der Waals surface area contributed by atoms with E-state index in [-0.39, 0.29) is 16.3 Å². The summed E-state index contributed by atoms with van der Waals surface area (Å²) in [4.78, 5) is 14.7. The van der Waals surface area contributed by atoms with Crippen LogP contribution in [-0.2, 0) is 0 Å². The van der Waals surface area contributed by atoms with Crippen LogP contribution in [0.3, 0.4) is 0 Å². The smallest absolute Gasteiger partial charge is 0.257 e. The monoisotopic (exact) mass is 286 g/mol. The predicted octanol–water partition coefficient (Wildman–Crippen LogP) is 3.40. The molecule has 3 nitrogen and oxygen atoms in total. The highest BCUT2D eigenvalue weighted by atomic mass is 35.5. The molecule has 0 unspecified atom stereocenters. The van der Waals surface area contributed by atoms with Gasteiger partial charge in [-0.3, -0.25) is 4.79 Å². The average molecular weight is 287 g/mol. The van der Waals surface area contributed by atoms with E-state index in [4.69, 9.17) is 11.6 Å². The van der Waals surface area contributed by atoms with E-state index in [9.17, 15) is 18.0 Å². The highest BCUT2D eigenvalue weighted by Gasteiger charge is 2.14. The van der Waals surface area contributed by atoms with Gasteiger partial charge < -0.3 is 5.32 Å². The van der Waals surface area contributed by atoms with Gasteiger partial charge in [0.15, 0.2) is 0 Å². The van der Waals surface area contributed by atoms with Crippen LogP contribution in [0.1, 0.15) is 10.4 Å². The second-order valence-electron chi connectivity index (χ2n) is 3.55. The third-order valence-corrected chi connectivity index (χ3v) is 2.55. The molecule has 1 aromatic carbocycles. The Kier molecular flexibility index (Phi) is 3.71. The molecule has 1 heterocycles. The minimum Gasteiger partial charge on any atom is -0.318 e. The highest BCUT2D eigenvalue weighted by Crippen LogP contribution is 2.19. The number of nitrogens with one attached hydrogen (secondary N) is 1. The number of amides is 1. The number of hydrogen-bond donors (Lipinski definition) is 1. The summed E-state index contributed by atoms with van der Waals surface area (Å²) in [5.41, 5.74) is -0.335. The van der Waals surface area contributed by atoms with Gasteiger partial charge in [0, 0.05) is 0 Å². The van der Waals surface area contributed by atoms with Crippen LogP contribution in [0.15, 0.2) is 30.3 Å². The molecule has 2 aromatic rings. The van der Waals surface area contributed by atoms with E-state index in [2.05, 4.69) is 10.3 Å². The Labute approximate surface area is 111 Å². The van der Waals surface area contributed by atoms with Crippen LogP contribution in [0, 0.1) is 17.7 Å². The first-order valence-electron chi connectivity index (χ1n) is 5.06. The van der Waals surface area contributed by atoms with Gasteiger partial charge in [-0.1, -0.05) is 11.6 Å². The van der Waals surface area contributed by atoms with E-state index in [1.807, 2.05) is 0 Å². The summed E-state index contributed by atoms with van der Waals surface area (Å²) in [6.07, 6.45) is 0. The van der Waals surface area contributed by atoms with Gasteiger partial charge in [0.25, 0.3) is 5.91 Å². The average Bonchev–Trinajstić information content (AvgIpc) is 2.32. The van der Waals surface area contributed by atoms with Crippen molar-refractivity contribution >= 4 is 23.2 Å². The molecule has 0 radical (unpaired) electrons. The number of carbonyl (C=O) groups is 1. The quantitative estimate of drug-likeness (QED) is 0.860. The normalized spacial score (nSPS) is 10.3. The number of pyridine rings is 1. The van der Waals surface area contributed by atoms with Crippen LogP contribution in [0.2, 0.25) is 5.02 Å². The Morgan fingerprint density at radius 3 is 2.53 bits per heavy atom. The van der Waals surface area contributed by atoms with Crippen LogP contribution in [-0.4, -0.2) is 10.9 Å². The second-order valence-corrected chi connectivity index (χ2v) is 3.96. The number of benzene rings is 1. The fourth-order valence-electron chi connectivity index (χ4n) is 1.37. The first-order valence-corrected chi connectivity index (χ1v) is 5.43. The lowest BCUT2D eigenvalue weighted by Gasteiger charge is -2.07. The van der Waals surface area contributed by atoms with E-state index in [1.54, 1.807) is 0 Å². The number of hydrogen-bond acceptors (Lipinski definition) is 2. The van der Waals surface area contributed by atoms with Crippen LogP contribution in [0.25, 0.3) is 0 Å². The lowest BCUT2D eigenvalue weighted by molar-refractivity contribution is 0.102. The van der Waals surface area contributed by atoms with Crippen molar-refractivity contribution in [1.29, 1.82) is 0 Å². The van der Waals surface area contributed by atoms with E-state index in [1.165, 1.54) is 0 Å². The Balaban J connectivity index is 2.25. The number of nitrogens with zero attached hydrogens (tertiary/aromatic N) is 1. The summed E-state index contributed by atoms with van der Waals surface area (Å²) >= 11 is 5.69. The molecule has 7 heteroatoms. The molecular formula is C12H6ClF3N2O. The van der Waals surface area contributed by atoms with Gasteiger partial charge in [-0.25, -0.2) is 4.39 Å². The van der Waals surface area contributed by atoms with Gasteiger partial charge in [-0.15, -0.1) is 0 Å². The van der Waals surface area contributed by atoms with Gasteiger partial charge >= 0.3 is 0 Å². The van der Waals surface area contributed by atoms with Crippen molar-refractivity contribution < 1.29 is 18.0 Å². The van der Waals surface area contributed by atoms with Crippen molar-refractivity contribution in [1.82, 2.24) is 4.98 Å². The molecule has 19 heavy (non-hydrogen) atoms. The number of halogens is 4. The summed E-state index contributed by atoms with van der Waals surface area (Å²) in [5, 5.41) is 2.05. The second kappa shape index (κ2) is 5.27. The summed E-state index contributed by atoms with van der Waals surface area (Å²) in [7, 11) is 0. The van der Waals surface area contributed by atoms with Gasteiger partial charge in [0.2, 0.25) is 11.9 Å². The zero-order valence-electron chi connectivity index (χ0n) is 9.25. The zero-order valence-corrected chi connectivity index (χ0v) is 10.0. The topological polar surface area (TPSA) is 42.0 Å². The molecule has 0 atom stereocenters. The zero-order chi connectivity index (χ0) is 14.0. The SMILES string of the molecule is O=C(Nc1ccc(F)nc1F)c1ccc(F)cc1Cl. The molecule has 0 fully saturated rings. The Bertz CT molecular complexity index is 649. The maximum Gasteiger partial charge on any atom is 0.257 e. The van der Waals surface area contributed by atoms with Crippen molar-refractivity contribution in [3.63, 3.8) is 0 Å². The maximum absolute atomic E-state index is 13.2. The first-order chi connectivity index (χ1) is 8.97. The summed E-state index contributed by atoms with van der Waals surface area (Å²) in [6, 6.07) is 5.07. The molecule has 0 aliphatic heterocycles. The fourth-order valence-corrected chi connectivity index (χ4v) is 1.62. The highest BCUT2D eigenvalue weighted by molar-refractivity contribution is 6.34. The van der Waals surface area contributed by atoms with Gasteiger partial charge in [0.1, 0.15) is 5.82 Å². The molecule has 1 aromatic heterocycles. The number of aromatic nitrogens is 1. The Morgan fingerprint density at radius 2 is 1.89 bits per heavy atom. The lowest BCUT2D eigenvalue weighted by atomic mass is 10.2. The molecule has 0 spiro atoms. The van der Waals surface area contributed by atoms with E-state index >= 15 is 0 Å². The molecule has 98 valence electrons. The summed E-state index contributed by atoms with van der Waals surface area (Å²) in [5.74, 6) is -3.52. The Morgan fingerprint density at radius 1 is 1.16 bits per heavy atom. The van der Waals surface area contributed by atoms with Crippen LogP contribution in [0.4, 0.5) is 18.9 Å². The molecule has 1 amide bonds. The van der Waals surface area contributed by atoms with Crippen molar-refractivity contribution in [2.24, 2.45) is 0 Å². The third kappa shape index (κ3) is 3.03. The van der Waals surface area contributed by atoms with Crippen molar-refractivity contribution in [3.8, 4) is 0 Å². The number of carbonyl (C=O) groups excluding carboxylic acids is 1. The van der Waals surface area contributed by atoms with Crippen molar-refractivity contribution in [2.75, 3.05) is 5.32 Å². The van der Waals surface area contributed by atoms with E-state index in [0.29, 0.717) is 0 Å². The minimum atomic E-state index is -1.16. The molecule has 0 aliphatic carbocycles. The maximum atomic E-state index is 13.2. The molecule has 0 saturated heterocycles. The van der Waals surface area contributed by atoms with Gasteiger partial charge in [-0.05, 0) is 30.3 Å². The van der Waals surface area contributed by atoms with E-state index < -0.39 is 23.6 Å².